The largest absolute Gasteiger partial charge is 0.376 e. The summed E-state index contributed by atoms with van der Waals surface area (Å²) in [5.74, 6) is 0.414. The zero-order valence-corrected chi connectivity index (χ0v) is 14.0. The topological polar surface area (TPSA) is 99.3 Å². The third-order valence-corrected chi connectivity index (χ3v) is 5.01. The monoisotopic (exact) mass is 335 g/mol. The van der Waals surface area contributed by atoms with Gasteiger partial charge in [-0.25, -0.2) is 9.78 Å². The number of H-pyrrole nitrogens is 1. The summed E-state index contributed by atoms with van der Waals surface area (Å²) in [7, 11) is 1.70. The number of hydrogen-bond donors (Lipinski definition) is 3. The van der Waals surface area contributed by atoms with Crippen molar-refractivity contribution in [1.29, 1.82) is 0 Å². The number of amides is 2. The Kier molecular flexibility index (Phi) is 5.03. The number of ether oxygens (including phenoxy) is 1. The molecule has 24 heavy (non-hydrogen) atoms. The molecule has 3 N–H and O–H groups in total. The Morgan fingerprint density at radius 3 is 3.00 bits per heavy atom. The van der Waals surface area contributed by atoms with Crippen LogP contribution in [0.2, 0.25) is 0 Å². The average molecular weight is 335 g/mol. The highest BCUT2D eigenvalue weighted by Gasteiger charge is 2.37. The maximum Gasteiger partial charge on any atom is 0.315 e. The number of hydrogen-bond acceptors (Lipinski definition) is 5. The third-order valence-electron chi connectivity index (χ3n) is 5.01. The van der Waals surface area contributed by atoms with Crippen molar-refractivity contribution in [3.8, 4) is 0 Å². The molecule has 0 radical (unpaired) electrons. The van der Waals surface area contributed by atoms with E-state index >= 15 is 0 Å². The van der Waals surface area contributed by atoms with Gasteiger partial charge in [0.15, 0.2) is 5.82 Å². The molecule has 2 amide bonds. The number of aromatic nitrogens is 2. The molecule has 1 aromatic rings. The van der Waals surface area contributed by atoms with E-state index in [0.29, 0.717) is 18.9 Å². The van der Waals surface area contributed by atoms with Crippen molar-refractivity contribution in [1.82, 2.24) is 20.6 Å². The molecule has 1 aliphatic heterocycles. The Morgan fingerprint density at radius 1 is 1.50 bits per heavy atom. The summed E-state index contributed by atoms with van der Waals surface area (Å²) in [6.07, 6.45) is 8.02. The molecule has 0 aromatic carbocycles. The van der Waals surface area contributed by atoms with Crippen LogP contribution in [0.5, 0.6) is 0 Å². The molecule has 1 saturated carbocycles. The number of nitrogens with zero attached hydrogens (tertiary/aromatic N) is 2. The Balaban J connectivity index is 1.51. The Hall–Kier alpha value is -2.09. The first kappa shape index (κ1) is 16.8. The number of urea groups is 1. The minimum absolute atomic E-state index is 0.0000385. The third kappa shape index (κ3) is 3.69. The van der Waals surface area contributed by atoms with Crippen LogP contribution < -0.4 is 21.1 Å². The maximum absolute atomic E-state index is 12.1. The van der Waals surface area contributed by atoms with Gasteiger partial charge in [0, 0.05) is 45.2 Å². The summed E-state index contributed by atoms with van der Waals surface area (Å²) in [5, 5.41) is 5.91. The van der Waals surface area contributed by atoms with Crippen LogP contribution in [-0.4, -0.2) is 54.4 Å². The van der Waals surface area contributed by atoms with Gasteiger partial charge in [0.2, 0.25) is 0 Å². The number of rotatable bonds is 5. The minimum Gasteiger partial charge on any atom is -0.376 e. The molecule has 0 unspecified atom stereocenters. The number of anilines is 1. The number of carbonyl (C=O) groups excluding carboxylic acids is 1. The molecule has 1 aromatic heterocycles. The SMILES string of the molecule is COC1(CNC(=O)N[C@@H]2CCCN(c3ncc[nH]c3=O)C2)CCC1. The van der Waals surface area contributed by atoms with Crippen LogP contribution in [0.4, 0.5) is 10.6 Å². The lowest BCUT2D eigenvalue weighted by Crippen LogP contribution is -2.55. The molecule has 132 valence electrons. The highest BCUT2D eigenvalue weighted by Crippen LogP contribution is 2.34. The van der Waals surface area contributed by atoms with Crippen molar-refractivity contribution in [2.75, 3.05) is 31.6 Å². The standard InChI is InChI=1S/C16H25N5O3/c1-24-16(5-3-6-16)11-19-15(23)20-12-4-2-9-21(10-12)13-14(22)18-8-7-17-13/h7-8,12H,2-6,9-11H2,1H3,(H,18,22)(H2,19,20,23)/t12-/m1/s1. The van der Waals surface area contributed by atoms with E-state index in [0.717, 1.165) is 38.6 Å². The lowest BCUT2D eigenvalue weighted by Gasteiger charge is -2.40. The normalized spacial score (nSPS) is 22.5. The zero-order chi connectivity index (χ0) is 17.0. The van der Waals surface area contributed by atoms with Gasteiger partial charge in [0.25, 0.3) is 5.56 Å². The summed E-state index contributed by atoms with van der Waals surface area (Å²) in [4.78, 5) is 32.7. The van der Waals surface area contributed by atoms with Crippen LogP contribution in [0, 0.1) is 0 Å². The van der Waals surface area contributed by atoms with E-state index in [4.69, 9.17) is 4.74 Å². The first-order chi connectivity index (χ1) is 11.6. The van der Waals surface area contributed by atoms with Crippen molar-refractivity contribution < 1.29 is 9.53 Å². The van der Waals surface area contributed by atoms with Crippen LogP contribution in [0.25, 0.3) is 0 Å². The van der Waals surface area contributed by atoms with Gasteiger partial charge in [-0.2, -0.15) is 0 Å². The van der Waals surface area contributed by atoms with Crippen molar-refractivity contribution in [3.63, 3.8) is 0 Å². The van der Waals surface area contributed by atoms with Crippen LogP contribution in [0.15, 0.2) is 17.2 Å². The maximum atomic E-state index is 12.1. The summed E-state index contributed by atoms with van der Waals surface area (Å²) in [5.41, 5.74) is -0.383. The van der Waals surface area contributed by atoms with E-state index in [1.165, 1.54) is 6.20 Å². The lowest BCUT2D eigenvalue weighted by atomic mass is 9.80. The molecule has 1 aliphatic carbocycles. The molecule has 0 spiro atoms. The van der Waals surface area contributed by atoms with Crippen molar-refractivity contribution in [2.45, 2.75) is 43.7 Å². The molecule has 2 fully saturated rings. The van der Waals surface area contributed by atoms with E-state index < -0.39 is 0 Å². The van der Waals surface area contributed by atoms with E-state index in [-0.39, 0.29) is 23.2 Å². The lowest BCUT2D eigenvalue weighted by molar-refractivity contribution is -0.0674. The quantitative estimate of drug-likeness (QED) is 0.732. The number of carbonyl (C=O) groups is 1. The number of methoxy groups -OCH3 is 1. The first-order valence-electron chi connectivity index (χ1n) is 8.50. The van der Waals surface area contributed by atoms with Gasteiger partial charge in [0.1, 0.15) is 0 Å². The fourth-order valence-corrected chi connectivity index (χ4v) is 3.36. The van der Waals surface area contributed by atoms with Crippen molar-refractivity contribution >= 4 is 11.8 Å². The smallest absolute Gasteiger partial charge is 0.315 e. The van der Waals surface area contributed by atoms with Gasteiger partial charge < -0.3 is 25.3 Å². The molecule has 0 bridgehead atoms. The second-order valence-electron chi connectivity index (χ2n) is 6.59. The highest BCUT2D eigenvalue weighted by atomic mass is 16.5. The predicted octanol–water partition coefficient (Wildman–Crippen LogP) is 0.607. The minimum atomic E-state index is -0.199. The summed E-state index contributed by atoms with van der Waals surface area (Å²) < 4.78 is 5.51. The van der Waals surface area contributed by atoms with Crippen LogP contribution >= 0.6 is 0 Å². The second kappa shape index (κ2) is 7.21. The molecule has 1 atom stereocenters. The zero-order valence-electron chi connectivity index (χ0n) is 14.0. The molecule has 1 saturated heterocycles. The van der Waals surface area contributed by atoms with Crippen LogP contribution in [-0.2, 0) is 4.74 Å². The van der Waals surface area contributed by atoms with E-state index in [1.54, 1.807) is 13.3 Å². The van der Waals surface area contributed by atoms with Crippen LogP contribution in [0.3, 0.4) is 0 Å². The van der Waals surface area contributed by atoms with E-state index in [2.05, 4.69) is 20.6 Å². The van der Waals surface area contributed by atoms with Crippen molar-refractivity contribution in [3.05, 3.63) is 22.7 Å². The van der Waals surface area contributed by atoms with E-state index in [9.17, 15) is 9.59 Å². The van der Waals surface area contributed by atoms with Gasteiger partial charge in [-0.1, -0.05) is 0 Å². The molecule has 3 rings (SSSR count). The number of aromatic amines is 1. The fourth-order valence-electron chi connectivity index (χ4n) is 3.36. The average Bonchev–Trinajstić information content (AvgIpc) is 2.55. The summed E-state index contributed by atoms with van der Waals surface area (Å²) >= 11 is 0. The van der Waals surface area contributed by atoms with Gasteiger partial charge in [0.05, 0.1) is 5.60 Å². The molecular formula is C16H25N5O3. The predicted molar refractivity (Wildman–Crippen MR) is 90.2 cm³/mol. The van der Waals surface area contributed by atoms with Gasteiger partial charge in [-0.3, -0.25) is 4.79 Å². The molecule has 2 aliphatic rings. The van der Waals surface area contributed by atoms with E-state index in [1.807, 2.05) is 4.90 Å². The molecule has 8 heteroatoms. The second-order valence-corrected chi connectivity index (χ2v) is 6.59. The highest BCUT2D eigenvalue weighted by molar-refractivity contribution is 5.74. The summed E-state index contributed by atoms with van der Waals surface area (Å²) in [6.45, 7) is 1.89. The molecule has 8 nitrogen and oxygen atoms in total. The Labute approximate surface area is 141 Å². The summed E-state index contributed by atoms with van der Waals surface area (Å²) in [6, 6.07) is -0.180. The first-order valence-corrected chi connectivity index (χ1v) is 8.50. The van der Waals surface area contributed by atoms with Gasteiger partial charge >= 0.3 is 6.03 Å². The number of piperidine rings is 1. The molecular weight excluding hydrogens is 310 g/mol. The Morgan fingerprint density at radius 2 is 2.33 bits per heavy atom. The molecule has 2 heterocycles. The Bertz CT molecular complexity index is 623. The van der Waals surface area contributed by atoms with Crippen molar-refractivity contribution in [2.24, 2.45) is 0 Å². The van der Waals surface area contributed by atoms with Crippen LogP contribution in [0.1, 0.15) is 32.1 Å². The van der Waals surface area contributed by atoms with Gasteiger partial charge in [-0.15, -0.1) is 0 Å². The number of nitrogens with one attached hydrogen (secondary N) is 3. The van der Waals surface area contributed by atoms with Gasteiger partial charge in [-0.05, 0) is 32.1 Å². The fraction of sp³-hybridized carbons (Fsp3) is 0.688.